The van der Waals surface area contributed by atoms with Gasteiger partial charge in [-0.25, -0.2) is 14.6 Å². The summed E-state index contributed by atoms with van der Waals surface area (Å²) in [5.41, 5.74) is 6.48. The molecule has 41 heavy (non-hydrogen) atoms. The molecule has 0 radical (unpaired) electrons. The number of aromatic nitrogens is 1. The molecule has 216 valence electrons. The number of rotatable bonds is 7. The van der Waals surface area contributed by atoms with Crippen LogP contribution in [0.4, 0.5) is 15.4 Å². The van der Waals surface area contributed by atoms with Gasteiger partial charge in [0.2, 0.25) is 0 Å². The van der Waals surface area contributed by atoms with Gasteiger partial charge in [0.1, 0.15) is 28.6 Å². The molecule has 0 aliphatic carbocycles. The predicted molar refractivity (Wildman–Crippen MR) is 156 cm³/mol. The van der Waals surface area contributed by atoms with E-state index in [9.17, 15) is 14.4 Å². The number of para-hydroxylation sites is 1. The van der Waals surface area contributed by atoms with Crippen molar-refractivity contribution in [3.8, 4) is 5.75 Å². The smallest absolute Gasteiger partial charge is 0.436 e. The summed E-state index contributed by atoms with van der Waals surface area (Å²) in [6, 6.07) is 16.9. The van der Waals surface area contributed by atoms with Crippen LogP contribution in [0.25, 0.3) is 0 Å². The second-order valence-electron chi connectivity index (χ2n) is 11.2. The first-order chi connectivity index (χ1) is 19.2. The first kappa shape index (κ1) is 30.8. The summed E-state index contributed by atoms with van der Waals surface area (Å²) in [4.78, 5) is 48.1. The van der Waals surface area contributed by atoms with E-state index in [1.165, 1.54) is 18.2 Å². The fraction of sp³-hybridized carbons (Fsp3) is 0.323. The molecule has 10 nitrogen and oxygen atoms in total. The number of ether oxygens (including phenoxy) is 3. The summed E-state index contributed by atoms with van der Waals surface area (Å²) in [5.74, 6) is 0.392. The zero-order valence-corrected chi connectivity index (χ0v) is 24.4. The van der Waals surface area contributed by atoms with E-state index >= 15 is 0 Å². The summed E-state index contributed by atoms with van der Waals surface area (Å²) in [7, 11) is 1.50. The molecule has 0 fully saturated rings. The third kappa shape index (κ3) is 8.89. The molecule has 0 unspecified atom stereocenters. The van der Waals surface area contributed by atoms with Crippen molar-refractivity contribution in [3.05, 3.63) is 89.1 Å². The number of hydrogen-bond donors (Lipinski definition) is 1. The van der Waals surface area contributed by atoms with E-state index in [1.807, 2.05) is 0 Å². The Morgan fingerprint density at radius 2 is 1.51 bits per heavy atom. The van der Waals surface area contributed by atoms with Gasteiger partial charge in [-0.1, -0.05) is 36.4 Å². The standard InChI is InChI=1S/C31H36N4O6/c1-30(2,3)40-28(37)34-27(32)21-14-12-20(13-15-21)19-35(29(38)41-31(4,5)6)25-18-22(16-17-33-25)26(36)23-10-8-9-11-24(23)39-7/h8-18H,19H2,1-7H3,(H2,32,34,37). The van der Waals surface area contributed by atoms with Gasteiger partial charge in [0.15, 0.2) is 5.78 Å². The molecule has 0 saturated heterocycles. The largest absolute Gasteiger partial charge is 0.496 e. The number of anilines is 1. The van der Waals surface area contributed by atoms with Crippen LogP contribution in [0.1, 0.15) is 68.6 Å². The molecule has 0 aliphatic heterocycles. The minimum absolute atomic E-state index is 0.000909. The van der Waals surface area contributed by atoms with E-state index in [1.54, 1.807) is 102 Å². The van der Waals surface area contributed by atoms with Crippen molar-refractivity contribution in [2.24, 2.45) is 10.7 Å². The lowest BCUT2D eigenvalue weighted by Gasteiger charge is -2.27. The van der Waals surface area contributed by atoms with Gasteiger partial charge in [0.05, 0.1) is 19.2 Å². The molecule has 0 atom stereocenters. The second-order valence-corrected chi connectivity index (χ2v) is 11.2. The van der Waals surface area contributed by atoms with Crippen LogP contribution < -0.4 is 15.4 Å². The number of hydrogen-bond acceptors (Lipinski definition) is 7. The number of ketones is 1. The van der Waals surface area contributed by atoms with Gasteiger partial charge < -0.3 is 19.9 Å². The number of amidine groups is 1. The number of amides is 2. The van der Waals surface area contributed by atoms with Gasteiger partial charge in [-0.05, 0) is 71.4 Å². The Morgan fingerprint density at radius 3 is 2.12 bits per heavy atom. The normalized spacial score (nSPS) is 11.9. The van der Waals surface area contributed by atoms with Crippen LogP contribution in [0.2, 0.25) is 0 Å². The van der Waals surface area contributed by atoms with Crippen LogP contribution >= 0.6 is 0 Å². The highest BCUT2D eigenvalue weighted by Gasteiger charge is 2.26. The molecule has 2 amide bonds. The molecule has 2 N–H and O–H groups in total. The SMILES string of the molecule is COc1ccccc1C(=O)c1ccnc(N(Cc2ccc(/C(N)=N/C(=O)OC(C)(C)C)cc2)C(=O)OC(C)(C)C)c1. The second kappa shape index (κ2) is 12.6. The molecular weight excluding hydrogens is 524 g/mol. The highest BCUT2D eigenvalue weighted by molar-refractivity contribution is 6.11. The van der Waals surface area contributed by atoms with Crippen molar-refractivity contribution >= 4 is 29.6 Å². The van der Waals surface area contributed by atoms with Crippen molar-refractivity contribution in [2.45, 2.75) is 59.3 Å². The third-order valence-corrected chi connectivity index (χ3v) is 5.45. The maximum absolute atomic E-state index is 13.3. The molecule has 0 aliphatic rings. The Labute approximate surface area is 240 Å². The van der Waals surface area contributed by atoms with Crippen LogP contribution in [-0.2, 0) is 16.0 Å². The Balaban J connectivity index is 1.91. The van der Waals surface area contributed by atoms with E-state index < -0.39 is 23.4 Å². The molecule has 0 spiro atoms. The topological polar surface area (TPSA) is 133 Å². The van der Waals surface area contributed by atoms with Crippen LogP contribution in [0.15, 0.2) is 71.9 Å². The van der Waals surface area contributed by atoms with Crippen molar-refractivity contribution in [2.75, 3.05) is 12.0 Å². The van der Waals surface area contributed by atoms with Crippen molar-refractivity contribution in [1.82, 2.24) is 4.98 Å². The number of nitrogens with zero attached hydrogens (tertiary/aromatic N) is 3. The molecular formula is C31H36N4O6. The number of nitrogens with two attached hydrogens (primary N) is 1. The van der Waals surface area contributed by atoms with E-state index in [0.717, 1.165) is 0 Å². The predicted octanol–water partition coefficient (Wildman–Crippen LogP) is 5.90. The quantitative estimate of drug-likeness (QED) is 0.214. The molecule has 0 saturated carbocycles. The lowest BCUT2D eigenvalue weighted by atomic mass is 10.0. The number of benzene rings is 2. The van der Waals surface area contributed by atoms with Crippen molar-refractivity contribution in [1.29, 1.82) is 0 Å². The lowest BCUT2D eigenvalue weighted by Crippen LogP contribution is -2.37. The molecule has 1 heterocycles. The highest BCUT2D eigenvalue weighted by atomic mass is 16.6. The summed E-state index contributed by atoms with van der Waals surface area (Å²) >= 11 is 0. The number of pyridine rings is 1. The fourth-order valence-electron chi connectivity index (χ4n) is 3.66. The Morgan fingerprint density at radius 1 is 0.878 bits per heavy atom. The minimum Gasteiger partial charge on any atom is -0.496 e. The summed E-state index contributed by atoms with van der Waals surface area (Å²) in [6.45, 7) is 10.6. The molecule has 1 aromatic heterocycles. The van der Waals surface area contributed by atoms with Gasteiger partial charge in [0.25, 0.3) is 0 Å². The fourth-order valence-corrected chi connectivity index (χ4v) is 3.66. The first-order valence-corrected chi connectivity index (χ1v) is 13.0. The summed E-state index contributed by atoms with van der Waals surface area (Å²) < 4.78 is 16.2. The maximum atomic E-state index is 13.3. The number of carbonyl (C=O) groups is 3. The van der Waals surface area contributed by atoms with E-state index in [2.05, 4.69) is 9.98 Å². The third-order valence-electron chi connectivity index (χ3n) is 5.45. The number of carbonyl (C=O) groups excluding carboxylic acids is 3. The molecule has 0 bridgehead atoms. The summed E-state index contributed by atoms with van der Waals surface area (Å²) in [6.07, 6.45) is 0.0394. The van der Waals surface area contributed by atoms with Crippen LogP contribution in [-0.4, -0.2) is 47.1 Å². The Bertz CT molecular complexity index is 1440. The monoisotopic (exact) mass is 560 g/mol. The van der Waals surface area contributed by atoms with Crippen LogP contribution in [0.3, 0.4) is 0 Å². The number of methoxy groups -OCH3 is 1. The van der Waals surface area contributed by atoms with Crippen LogP contribution in [0, 0.1) is 0 Å². The van der Waals surface area contributed by atoms with Crippen molar-refractivity contribution < 1.29 is 28.6 Å². The molecule has 3 aromatic rings. The molecule has 3 rings (SSSR count). The minimum atomic E-state index is -0.788. The van der Waals surface area contributed by atoms with Gasteiger partial charge in [-0.15, -0.1) is 0 Å². The van der Waals surface area contributed by atoms with E-state index in [-0.39, 0.29) is 24.0 Å². The Hall–Kier alpha value is -4.73. The maximum Gasteiger partial charge on any atom is 0.436 e. The van der Waals surface area contributed by atoms with Gasteiger partial charge in [-0.2, -0.15) is 4.99 Å². The van der Waals surface area contributed by atoms with Crippen LogP contribution in [0.5, 0.6) is 5.75 Å². The zero-order chi connectivity index (χ0) is 30.4. The zero-order valence-electron chi connectivity index (χ0n) is 24.4. The van der Waals surface area contributed by atoms with Gasteiger partial charge in [0, 0.05) is 17.3 Å². The Kier molecular flexibility index (Phi) is 9.49. The lowest BCUT2D eigenvalue weighted by molar-refractivity contribution is 0.0572. The molecule has 10 heteroatoms. The van der Waals surface area contributed by atoms with E-state index in [4.69, 9.17) is 19.9 Å². The molecule has 2 aromatic carbocycles. The van der Waals surface area contributed by atoms with E-state index in [0.29, 0.717) is 28.0 Å². The van der Waals surface area contributed by atoms with Gasteiger partial charge in [-0.3, -0.25) is 9.69 Å². The first-order valence-electron chi connectivity index (χ1n) is 13.0. The average molecular weight is 561 g/mol. The van der Waals surface area contributed by atoms with Crippen molar-refractivity contribution in [3.63, 3.8) is 0 Å². The van der Waals surface area contributed by atoms with Gasteiger partial charge >= 0.3 is 12.2 Å². The average Bonchev–Trinajstić information content (AvgIpc) is 2.89. The highest BCUT2D eigenvalue weighted by Crippen LogP contribution is 2.25. The number of aliphatic imine (C=N–C) groups is 1. The summed E-state index contributed by atoms with van der Waals surface area (Å²) in [5, 5.41) is 0.